The lowest BCUT2D eigenvalue weighted by Crippen LogP contribution is -2.35. The van der Waals surface area contributed by atoms with E-state index < -0.39 is 0 Å². The van der Waals surface area contributed by atoms with Gasteiger partial charge in [0.15, 0.2) is 0 Å². The second-order valence-electron chi connectivity index (χ2n) is 5.36. The van der Waals surface area contributed by atoms with Crippen LogP contribution in [0.4, 0.5) is 0 Å². The van der Waals surface area contributed by atoms with E-state index in [9.17, 15) is 15.0 Å². The molecule has 0 aliphatic heterocycles. The number of benzene rings is 1. The highest BCUT2D eigenvalue weighted by molar-refractivity contribution is 14.1. The van der Waals surface area contributed by atoms with E-state index in [1.807, 2.05) is 0 Å². The van der Waals surface area contributed by atoms with Crippen LogP contribution in [0.25, 0.3) is 0 Å². The Labute approximate surface area is 132 Å². The fourth-order valence-electron chi connectivity index (χ4n) is 2.80. The number of aromatic hydroxyl groups is 1. The molecule has 1 aromatic carbocycles. The van der Waals surface area contributed by atoms with E-state index >= 15 is 0 Å². The van der Waals surface area contributed by atoms with Gasteiger partial charge in [0.05, 0.1) is 5.56 Å². The van der Waals surface area contributed by atoms with Crippen LogP contribution >= 0.6 is 22.6 Å². The standard InChI is InChI=1S/C15H20INO3/c16-12-5-6-14(19)13(7-12)15(20)17-8-10-3-1-2-4-11(10)9-18/h5-7,10-11,18-19H,1-4,8-9H2,(H,17,20). The van der Waals surface area contributed by atoms with Crippen LogP contribution in [0.5, 0.6) is 5.75 Å². The van der Waals surface area contributed by atoms with Crippen LogP contribution in [-0.2, 0) is 0 Å². The Morgan fingerprint density at radius 3 is 2.70 bits per heavy atom. The van der Waals surface area contributed by atoms with Crippen molar-refractivity contribution >= 4 is 28.5 Å². The lowest BCUT2D eigenvalue weighted by Gasteiger charge is -2.30. The molecule has 0 saturated heterocycles. The molecule has 5 heteroatoms. The number of aliphatic hydroxyl groups is 1. The zero-order chi connectivity index (χ0) is 14.5. The highest BCUT2D eigenvalue weighted by Crippen LogP contribution is 2.29. The van der Waals surface area contributed by atoms with Crippen LogP contribution < -0.4 is 5.32 Å². The molecule has 1 fully saturated rings. The number of aliphatic hydroxyl groups excluding tert-OH is 1. The Morgan fingerprint density at radius 2 is 2.00 bits per heavy atom. The first-order chi connectivity index (χ1) is 9.61. The van der Waals surface area contributed by atoms with Crippen molar-refractivity contribution in [2.75, 3.05) is 13.2 Å². The summed E-state index contributed by atoms with van der Waals surface area (Å²) in [6.45, 7) is 0.754. The number of amides is 1. The van der Waals surface area contributed by atoms with Crippen molar-refractivity contribution in [3.63, 3.8) is 0 Å². The van der Waals surface area contributed by atoms with Crippen molar-refractivity contribution in [2.45, 2.75) is 25.7 Å². The molecule has 110 valence electrons. The minimum absolute atomic E-state index is 0.00488. The van der Waals surface area contributed by atoms with Gasteiger partial charge in [0.2, 0.25) is 0 Å². The van der Waals surface area contributed by atoms with Crippen molar-refractivity contribution in [2.24, 2.45) is 11.8 Å². The number of phenols is 1. The minimum Gasteiger partial charge on any atom is -0.507 e. The summed E-state index contributed by atoms with van der Waals surface area (Å²) in [7, 11) is 0. The zero-order valence-electron chi connectivity index (χ0n) is 11.3. The van der Waals surface area contributed by atoms with Crippen LogP contribution in [0.15, 0.2) is 18.2 Å². The van der Waals surface area contributed by atoms with Crippen LogP contribution in [0, 0.1) is 15.4 Å². The maximum Gasteiger partial charge on any atom is 0.255 e. The fraction of sp³-hybridized carbons (Fsp3) is 0.533. The van der Waals surface area contributed by atoms with Gasteiger partial charge in [-0.3, -0.25) is 4.79 Å². The molecule has 1 amide bonds. The molecule has 2 unspecified atom stereocenters. The van der Waals surface area contributed by atoms with Crippen molar-refractivity contribution in [3.05, 3.63) is 27.3 Å². The van der Waals surface area contributed by atoms with Crippen molar-refractivity contribution < 1.29 is 15.0 Å². The van der Waals surface area contributed by atoms with E-state index in [1.54, 1.807) is 12.1 Å². The summed E-state index contributed by atoms with van der Waals surface area (Å²) < 4.78 is 0.913. The molecule has 0 bridgehead atoms. The second-order valence-corrected chi connectivity index (χ2v) is 6.60. The molecule has 0 aromatic heterocycles. The SMILES string of the molecule is O=C(NCC1CCCCC1CO)c1cc(I)ccc1O. The third-order valence-electron chi connectivity index (χ3n) is 4.03. The summed E-state index contributed by atoms with van der Waals surface area (Å²) >= 11 is 2.11. The largest absolute Gasteiger partial charge is 0.507 e. The van der Waals surface area contributed by atoms with Crippen LogP contribution in [0.2, 0.25) is 0 Å². The molecule has 0 spiro atoms. The van der Waals surface area contributed by atoms with Gasteiger partial charge in [-0.25, -0.2) is 0 Å². The summed E-state index contributed by atoms with van der Waals surface area (Å²) in [5.74, 6) is 0.379. The maximum atomic E-state index is 12.1. The van der Waals surface area contributed by atoms with Crippen LogP contribution in [0.3, 0.4) is 0 Å². The van der Waals surface area contributed by atoms with E-state index in [-0.39, 0.29) is 24.2 Å². The fourth-order valence-corrected chi connectivity index (χ4v) is 3.29. The maximum absolute atomic E-state index is 12.1. The Hall–Kier alpha value is -0.820. The minimum atomic E-state index is -0.247. The third-order valence-corrected chi connectivity index (χ3v) is 4.70. The van der Waals surface area contributed by atoms with E-state index in [4.69, 9.17) is 0 Å². The van der Waals surface area contributed by atoms with Gasteiger partial charge in [0, 0.05) is 16.7 Å². The lowest BCUT2D eigenvalue weighted by atomic mass is 9.79. The Kier molecular flexibility index (Phi) is 5.65. The van der Waals surface area contributed by atoms with Crippen molar-refractivity contribution in [1.29, 1.82) is 0 Å². The summed E-state index contributed by atoms with van der Waals surface area (Å²) in [4.78, 5) is 12.1. The normalized spacial score (nSPS) is 22.5. The molecule has 1 saturated carbocycles. The van der Waals surface area contributed by atoms with Crippen molar-refractivity contribution in [1.82, 2.24) is 5.32 Å². The summed E-state index contributed by atoms with van der Waals surface area (Å²) in [6, 6.07) is 4.97. The van der Waals surface area contributed by atoms with Crippen molar-refractivity contribution in [3.8, 4) is 5.75 Å². The molecule has 4 nitrogen and oxygen atoms in total. The number of hydrogen-bond donors (Lipinski definition) is 3. The molecular formula is C15H20INO3. The first-order valence-electron chi connectivity index (χ1n) is 6.99. The van der Waals surface area contributed by atoms with Gasteiger partial charge in [-0.15, -0.1) is 0 Å². The molecule has 2 atom stereocenters. The third kappa shape index (κ3) is 3.85. The van der Waals surface area contributed by atoms with Gasteiger partial charge in [0.1, 0.15) is 5.75 Å². The second kappa shape index (κ2) is 7.26. The average molecular weight is 389 g/mol. The molecule has 0 radical (unpaired) electrons. The zero-order valence-corrected chi connectivity index (χ0v) is 13.5. The van der Waals surface area contributed by atoms with E-state index in [0.29, 0.717) is 18.0 Å². The number of halogens is 1. The lowest BCUT2D eigenvalue weighted by molar-refractivity contribution is 0.0906. The van der Waals surface area contributed by atoms with Gasteiger partial charge >= 0.3 is 0 Å². The van der Waals surface area contributed by atoms with E-state index in [1.165, 1.54) is 6.07 Å². The number of phenolic OH excluding ortho intramolecular Hbond substituents is 1. The Morgan fingerprint density at radius 1 is 1.30 bits per heavy atom. The first-order valence-corrected chi connectivity index (χ1v) is 8.07. The summed E-state index contributed by atoms with van der Waals surface area (Å²) in [6.07, 6.45) is 4.40. The number of rotatable bonds is 4. The molecule has 20 heavy (non-hydrogen) atoms. The number of nitrogens with one attached hydrogen (secondary N) is 1. The topological polar surface area (TPSA) is 69.6 Å². The Bertz CT molecular complexity index is 478. The predicted octanol–water partition coefficient (Wildman–Crippen LogP) is 2.53. The number of carbonyl (C=O) groups excluding carboxylic acids is 1. The molecule has 3 N–H and O–H groups in total. The molecule has 1 aliphatic carbocycles. The van der Waals surface area contributed by atoms with Gasteiger partial charge in [-0.05, 0) is 65.5 Å². The quantitative estimate of drug-likeness (QED) is 0.694. The van der Waals surface area contributed by atoms with Gasteiger partial charge in [-0.1, -0.05) is 12.8 Å². The summed E-state index contributed by atoms with van der Waals surface area (Å²) in [5, 5.41) is 22.0. The molecule has 2 rings (SSSR count). The van der Waals surface area contributed by atoms with Crippen LogP contribution in [0.1, 0.15) is 36.0 Å². The monoisotopic (exact) mass is 389 g/mol. The highest BCUT2D eigenvalue weighted by Gasteiger charge is 2.25. The Balaban J connectivity index is 1.96. The van der Waals surface area contributed by atoms with E-state index in [2.05, 4.69) is 27.9 Å². The van der Waals surface area contributed by atoms with Gasteiger partial charge in [0.25, 0.3) is 5.91 Å². The first kappa shape index (κ1) is 15.6. The smallest absolute Gasteiger partial charge is 0.255 e. The van der Waals surface area contributed by atoms with Crippen LogP contribution in [-0.4, -0.2) is 29.3 Å². The van der Waals surface area contributed by atoms with E-state index in [0.717, 1.165) is 29.3 Å². The molecule has 0 heterocycles. The van der Waals surface area contributed by atoms with Gasteiger partial charge < -0.3 is 15.5 Å². The molecule has 1 aliphatic rings. The summed E-state index contributed by atoms with van der Waals surface area (Å²) in [5.41, 5.74) is 0.313. The number of carbonyl (C=O) groups is 1. The highest BCUT2D eigenvalue weighted by atomic mass is 127. The predicted molar refractivity (Wildman–Crippen MR) is 85.7 cm³/mol. The molecular weight excluding hydrogens is 369 g/mol. The average Bonchev–Trinajstić information content (AvgIpc) is 2.47. The molecule has 1 aromatic rings. The number of hydrogen-bond acceptors (Lipinski definition) is 3. The van der Waals surface area contributed by atoms with Gasteiger partial charge in [-0.2, -0.15) is 0 Å².